The van der Waals surface area contributed by atoms with Gasteiger partial charge in [0.2, 0.25) is 5.76 Å². The van der Waals surface area contributed by atoms with E-state index < -0.39 is 6.04 Å². The molecule has 132 valence electrons. The van der Waals surface area contributed by atoms with Crippen LogP contribution in [0.5, 0.6) is 0 Å². The maximum absolute atomic E-state index is 13.2. The third kappa shape index (κ3) is 2.61. The second kappa shape index (κ2) is 6.77. The van der Waals surface area contributed by atoms with E-state index in [9.17, 15) is 9.59 Å². The fraction of sp³-hybridized carbons (Fsp3) is 0.238. The first-order chi connectivity index (χ1) is 12.7. The van der Waals surface area contributed by atoms with Gasteiger partial charge in [-0.2, -0.15) is 0 Å². The summed E-state index contributed by atoms with van der Waals surface area (Å²) < 4.78 is 11.0. The number of methoxy groups -OCH3 is 1. The van der Waals surface area contributed by atoms with Gasteiger partial charge >= 0.3 is 0 Å². The molecular formula is C21H19NO4. The zero-order valence-corrected chi connectivity index (χ0v) is 14.5. The van der Waals surface area contributed by atoms with Crippen molar-refractivity contribution in [1.29, 1.82) is 0 Å². The zero-order chi connectivity index (χ0) is 18.1. The van der Waals surface area contributed by atoms with Crippen LogP contribution in [0.15, 0.2) is 63.8 Å². The Labute approximate surface area is 150 Å². The summed E-state index contributed by atoms with van der Waals surface area (Å²) in [4.78, 5) is 27.9. The fourth-order valence-corrected chi connectivity index (χ4v) is 3.56. The minimum absolute atomic E-state index is 0.140. The third-order valence-electron chi connectivity index (χ3n) is 4.74. The number of ether oxygens (including phenoxy) is 1. The smallest absolute Gasteiger partial charge is 0.290 e. The molecule has 1 aliphatic rings. The van der Waals surface area contributed by atoms with Crippen LogP contribution < -0.4 is 5.43 Å². The molecule has 2 heterocycles. The molecule has 0 bridgehead atoms. The van der Waals surface area contributed by atoms with E-state index in [2.05, 4.69) is 0 Å². The average Bonchev–Trinajstić information content (AvgIpc) is 2.96. The SMILES string of the molecule is COCCCN1C(=O)c2oc3ccccc3c(=O)c2C1c1ccccc1. The van der Waals surface area contributed by atoms with Crippen molar-refractivity contribution >= 4 is 16.9 Å². The number of amides is 1. The molecule has 0 aliphatic carbocycles. The van der Waals surface area contributed by atoms with Gasteiger partial charge in [-0.25, -0.2) is 0 Å². The van der Waals surface area contributed by atoms with E-state index in [-0.39, 0.29) is 17.1 Å². The first-order valence-corrected chi connectivity index (χ1v) is 8.63. The molecule has 0 saturated heterocycles. The number of rotatable bonds is 5. The summed E-state index contributed by atoms with van der Waals surface area (Å²) in [5.41, 5.74) is 1.63. The average molecular weight is 349 g/mol. The maximum atomic E-state index is 13.2. The van der Waals surface area contributed by atoms with Crippen molar-refractivity contribution in [2.45, 2.75) is 12.5 Å². The first-order valence-electron chi connectivity index (χ1n) is 8.63. The molecule has 2 aromatic carbocycles. The molecule has 5 heteroatoms. The second-order valence-electron chi connectivity index (χ2n) is 6.33. The van der Waals surface area contributed by atoms with Crippen LogP contribution in [0.25, 0.3) is 11.0 Å². The predicted molar refractivity (Wildman–Crippen MR) is 98.3 cm³/mol. The lowest BCUT2D eigenvalue weighted by atomic mass is 9.98. The monoisotopic (exact) mass is 349 g/mol. The maximum Gasteiger partial charge on any atom is 0.290 e. The number of carbonyl (C=O) groups is 1. The minimum Gasteiger partial charge on any atom is -0.450 e. The van der Waals surface area contributed by atoms with E-state index >= 15 is 0 Å². The van der Waals surface area contributed by atoms with Crippen molar-refractivity contribution in [3.8, 4) is 0 Å². The lowest BCUT2D eigenvalue weighted by Crippen LogP contribution is -2.31. The standard InChI is InChI=1S/C21H19NO4/c1-25-13-7-12-22-18(14-8-3-2-4-9-14)17-19(23)15-10-5-6-11-16(15)26-20(17)21(22)24/h2-6,8-11,18H,7,12-13H2,1H3. The lowest BCUT2D eigenvalue weighted by molar-refractivity contribution is 0.0708. The number of fused-ring (bicyclic) bond motifs is 2. The van der Waals surface area contributed by atoms with Crippen molar-refractivity contribution in [3.05, 3.63) is 81.7 Å². The molecule has 1 aliphatic heterocycles. The van der Waals surface area contributed by atoms with Crippen molar-refractivity contribution in [2.75, 3.05) is 20.3 Å². The van der Waals surface area contributed by atoms with E-state index in [1.807, 2.05) is 30.3 Å². The number of para-hydroxylation sites is 1. The Morgan fingerprint density at radius 1 is 1.04 bits per heavy atom. The van der Waals surface area contributed by atoms with Crippen LogP contribution in [0.2, 0.25) is 0 Å². The van der Waals surface area contributed by atoms with E-state index in [1.165, 1.54) is 0 Å². The molecule has 1 amide bonds. The number of carbonyl (C=O) groups excluding carboxylic acids is 1. The summed E-state index contributed by atoms with van der Waals surface area (Å²) >= 11 is 0. The molecule has 1 atom stereocenters. The highest BCUT2D eigenvalue weighted by Crippen LogP contribution is 2.37. The van der Waals surface area contributed by atoms with Gasteiger partial charge in [-0.15, -0.1) is 0 Å². The summed E-state index contributed by atoms with van der Waals surface area (Å²) in [6.07, 6.45) is 0.688. The summed E-state index contributed by atoms with van der Waals surface area (Å²) in [6.45, 7) is 1.04. The quantitative estimate of drug-likeness (QED) is 0.663. The van der Waals surface area contributed by atoms with E-state index in [4.69, 9.17) is 9.15 Å². The van der Waals surface area contributed by atoms with Gasteiger partial charge in [-0.05, 0) is 24.1 Å². The molecule has 0 N–H and O–H groups in total. The molecule has 4 rings (SSSR count). The van der Waals surface area contributed by atoms with Gasteiger partial charge < -0.3 is 14.1 Å². The topological polar surface area (TPSA) is 59.8 Å². The molecule has 0 radical (unpaired) electrons. The molecular weight excluding hydrogens is 330 g/mol. The van der Waals surface area contributed by atoms with Crippen LogP contribution in [-0.2, 0) is 4.74 Å². The van der Waals surface area contributed by atoms with Gasteiger partial charge in [0.1, 0.15) is 5.58 Å². The lowest BCUT2D eigenvalue weighted by Gasteiger charge is -2.25. The Morgan fingerprint density at radius 3 is 2.54 bits per heavy atom. The second-order valence-corrected chi connectivity index (χ2v) is 6.33. The van der Waals surface area contributed by atoms with Gasteiger partial charge in [-0.3, -0.25) is 9.59 Å². The van der Waals surface area contributed by atoms with Gasteiger partial charge in [0.05, 0.1) is 17.0 Å². The van der Waals surface area contributed by atoms with Gasteiger partial charge in [0.15, 0.2) is 5.43 Å². The van der Waals surface area contributed by atoms with Crippen molar-refractivity contribution in [2.24, 2.45) is 0 Å². The van der Waals surface area contributed by atoms with Gasteiger partial charge in [0.25, 0.3) is 5.91 Å². The van der Waals surface area contributed by atoms with Crippen LogP contribution in [0.3, 0.4) is 0 Å². The Bertz CT molecular complexity index is 1010. The van der Waals surface area contributed by atoms with Crippen molar-refractivity contribution in [1.82, 2.24) is 4.90 Å². The third-order valence-corrected chi connectivity index (χ3v) is 4.74. The number of nitrogens with zero attached hydrogens (tertiary/aromatic N) is 1. The molecule has 0 fully saturated rings. The molecule has 1 unspecified atom stereocenters. The summed E-state index contributed by atoms with van der Waals surface area (Å²) in [5, 5.41) is 0.499. The van der Waals surface area contributed by atoms with Crippen LogP contribution in [0.4, 0.5) is 0 Å². The van der Waals surface area contributed by atoms with Crippen LogP contribution >= 0.6 is 0 Å². The van der Waals surface area contributed by atoms with Crippen LogP contribution in [0, 0.1) is 0 Å². The number of hydrogen-bond acceptors (Lipinski definition) is 4. The largest absolute Gasteiger partial charge is 0.450 e. The Hall–Kier alpha value is -2.92. The summed E-state index contributed by atoms with van der Waals surface area (Å²) in [7, 11) is 1.63. The molecule has 26 heavy (non-hydrogen) atoms. The summed E-state index contributed by atoms with van der Waals surface area (Å²) in [5.74, 6) is -0.0900. The van der Waals surface area contributed by atoms with Gasteiger partial charge in [0, 0.05) is 20.3 Å². The van der Waals surface area contributed by atoms with Crippen molar-refractivity contribution in [3.63, 3.8) is 0 Å². The van der Waals surface area contributed by atoms with E-state index in [1.54, 1.807) is 36.3 Å². The minimum atomic E-state index is -0.434. The number of benzene rings is 2. The molecule has 3 aromatic rings. The number of hydrogen-bond donors (Lipinski definition) is 0. The summed E-state index contributed by atoms with van der Waals surface area (Å²) in [6, 6.07) is 16.2. The molecule has 5 nitrogen and oxygen atoms in total. The molecule has 0 saturated carbocycles. The van der Waals surface area contributed by atoms with Crippen molar-refractivity contribution < 1.29 is 13.9 Å². The Morgan fingerprint density at radius 2 is 1.77 bits per heavy atom. The van der Waals surface area contributed by atoms with E-state index in [0.717, 1.165) is 5.56 Å². The fourth-order valence-electron chi connectivity index (χ4n) is 3.56. The van der Waals surface area contributed by atoms with E-state index in [0.29, 0.717) is 36.1 Å². The highest BCUT2D eigenvalue weighted by atomic mass is 16.5. The van der Waals surface area contributed by atoms with Gasteiger partial charge in [-0.1, -0.05) is 42.5 Å². The Balaban J connectivity index is 1.90. The van der Waals surface area contributed by atoms with Crippen LogP contribution in [0.1, 0.15) is 34.1 Å². The normalized spacial score (nSPS) is 16.3. The predicted octanol–water partition coefficient (Wildman–Crippen LogP) is 3.37. The highest BCUT2D eigenvalue weighted by Gasteiger charge is 2.42. The van der Waals surface area contributed by atoms with Crippen LogP contribution in [-0.4, -0.2) is 31.1 Å². The highest BCUT2D eigenvalue weighted by molar-refractivity contribution is 5.99. The Kier molecular flexibility index (Phi) is 4.31. The molecule has 0 spiro atoms. The zero-order valence-electron chi connectivity index (χ0n) is 14.5. The molecule has 1 aromatic heterocycles. The first kappa shape index (κ1) is 16.5.